The molecule has 0 atom stereocenters. The molecule has 0 saturated heterocycles. The Labute approximate surface area is 202 Å². The van der Waals surface area contributed by atoms with Gasteiger partial charge in [-0.25, -0.2) is 4.39 Å². The van der Waals surface area contributed by atoms with E-state index in [1.807, 2.05) is 0 Å². The number of halogens is 4. The van der Waals surface area contributed by atoms with E-state index in [-0.39, 0.29) is 52.4 Å². The first-order chi connectivity index (χ1) is 16.6. The molecule has 3 aromatic rings. The van der Waals surface area contributed by atoms with Crippen molar-refractivity contribution in [2.24, 2.45) is 0 Å². The zero-order chi connectivity index (χ0) is 24.8. The van der Waals surface area contributed by atoms with Gasteiger partial charge < -0.3 is 19.2 Å². The lowest BCUT2D eigenvalue weighted by Gasteiger charge is -2.68. The van der Waals surface area contributed by atoms with Crippen molar-refractivity contribution in [3.05, 3.63) is 64.8 Å². The summed E-state index contributed by atoms with van der Waals surface area (Å²) in [4.78, 5) is 16.0. The maximum atomic E-state index is 13.5. The van der Waals surface area contributed by atoms with Gasteiger partial charge in [0.1, 0.15) is 23.0 Å². The average Bonchev–Trinajstić information content (AvgIpc) is 3.23. The van der Waals surface area contributed by atoms with Gasteiger partial charge in [-0.2, -0.15) is 8.78 Å². The minimum absolute atomic E-state index is 0.0216. The second-order valence-electron chi connectivity index (χ2n) is 9.06. The number of pyridine rings is 1. The maximum Gasteiger partial charge on any atom is 0.286 e. The molecule has 12 heteroatoms. The van der Waals surface area contributed by atoms with Gasteiger partial charge in [0.2, 0.25) is 5.89 Å². The van der Waals surface area contributed by atoms with Gasteiger partial charge in [-0.05, 0) is 43.5 Å². The number of rotatable bonds is 9. The van der Waals surface area contributed by atoms with Gasteiger partial charge in [0, 0.05) is 18.5 Å². The van der Waals surface area contributed by atoms with Crippen molar-refractivity contribution in [2.75, 3.05) is 6.61 Å². The first kappa shape index (κ1) is 23.4. The molecule has 8 nitrogen and oxygen atoms in total. The van der Waals surface area contributed by atoms with Gasteiger partial charge in [0.25, 0.3) is 17.7 Å². The molecule has 1 N–H and O–H groups in total. The second-order valence-corrected chi connectivity index (χ2v) is 9.47. The first-order valence-corrected chi connectivity index (χ1v) is 11.1. The van der Waals surface area contributed by atoms with E-state index in [2.05, 4.69) is 20.5 Å². The molecule has 2 bridgehead atoms. The van der Waals surface area contributed by atoms with Crippen molar-refractivity contribution in [3.63, 3.8) is 0 Å². The van der Waals surface area contributed by atoms with E-state index >= 15 is 0 Å². The van der Waals surface area contributed by atoms with Crippen LogP contribution in [-0.4, -0.2) is 33.2 Å². The van der Waals surface area contributed by atoms with Crippen LogP contribution in [0.1, 0.15) is 43.7 Å². The van der Waals surface area contributed by atoms with E-state index in [1.165, 1.54) is 30.5 Å². The van der Waals surface area contributed by atoms with Crippen LogP contribution in [0, 0.1) is 5.82 Å². The molecule has 2 aromatic heterocycles. The third kappa shape index (κ3) is 4.64. The summed E-state index contributed by atoms with van der Waals surface area (Å²) in [6.07, 6.45) is 3.17. The molecule has 6 rings (SSSR count). The summed E-state index contributed by atoms with van der Waals surface area (Å²) in [5.41, 5.74) is -0.972. The topological polar surface area (TPSA) is 99.4 Å². The van der Waals surface area contributed by atoms with Crippen LogP contribution in [-0.2, 0) is 22.7 Å². The molecule has 35 heavy (non-hydrogen) atoms. The quantitative estimate of drug-likeness (QED) is 0.459. The number of benzene rings is 1. The third-order valence-corrected chi connectivity index (χ3v) is 6.47. The highest BCUT2D eigenvalue weighted by molar-refractivity contribution is 6.30. The zero-order valence-electron chi connectivity index (χ0n) is 18.5. The van der Waals surface area contributed by atoms with E-state index in [4.69, 9.17) is 25.5 Å². The van der Waals surface area contributed by atoms with Crippen LogP contribution in [0.15, 0.2) is 40.9 Å². The second kappa shape index (κ2) is 8.40. The molecule has 0 aliphatic heterocycles. The van der Waals surface area contributed by atoms with E-state index in [1.54, 1.807) is 0 Å². The van der Waals surface area contributed by atoms with Gasteiger partial charge in [-0.15, -0.1) is 10.2 Å². The van der Waals surface area contributed by atoms with Gasteiger partial charge in [0.15, 0.2) is 13.2 Å². The summed E-state index contributed by atoms with van der Waals surface area (Å²) in [7, 11) is 0. The van der Waals surface area contributed by atoms with Crippen molar-refractivity contribution < 1.29 is 31.9 Å². The van der Waals surface area contributed by atoms with E-state index in [0.717, 1.165) is 13.0 Å². The standard InChI is InChI=1S/C23H20ClF3N4O4/c1-21(26,27)17-5-3-14(7-28-17)34-9-19-30-31-20(35-19)22-10-23(11-22,12-22)29-18(32)8-33-13-2-4-15(24)16(25)6-13/h2-7H,8-12H2,1H3,(H,29,32). The van der Waals surface area contributed by atoms with Crippen LogP contribution in [0.4, 0.5) is 13.2 Å². The van der Waals surface area contributed by atoms with Crippen LogP contribution in [0.5, 0.6) is 11.5 Å². The van der Waals surface area contributed by atoms with Crippen molar-refractivity contribution in [2.45, 2.75) is 49.7 Å². The molecule has 0 radical (unpaired) electrons. The Hall–Kier alpha value is -3.34. The van der Waals surface area contributed by atoms with Crippen molar-refractivity contribution in [3.8, 4) is 11.5 Å². The Morgan fingerprint density at radius 1 is 1.17 bits per heavy atom. The van der Waals surface area contributed by atoms with Crippen molar-refractivity contribution in [1.29, 1.82) is 0 Å². The van der Waals surface area contributed by atoms with Gasteiger partial charge in [-0.3, -0.25) is 9.78 Å². The number of aromatic nitrogens is 3. The average molecular weight is 509 g/mol. The Bertz CT molecular complexity index is 1240. The number of nitrogens with one attached hydrogen (secondary N) is 1. The molecule has 184 valence electrons. The lowest BCUT2D eigenvalue weighted by atomic mass is 9.39. The lowest BCUT2D eigenvalue weighted by molar-refractivity contribution is -0.143. The van der Waals surface area contributed by atoms with E-state index in [9.17, 15) is 18.0 Å². The molecule has 2 heterocycles. The summed E-state index contributed by atoms with van der Waals surface area (Å²) in [6, 6.07) is 6.57. The molecule has 3 saturated carbocycles. The lowest BCUT2D eigenvalue weighted by Crippen LogP contribution is -2.77. The van der Waals surface area contributed by atoms with Crippen LogP contribution in [0.3, 0.4) is 0 Å². The normalized spacial score (nSPS) is 22.7. The number of nitrogens with zero attached hydrogens (tertiary/aromatic N) is 3. The molecule has 0 unspecified atom stereocenters. The van der Waals surface area contributed by atoms with Crippen LogP contribution in [0.2, 0.25) is 5.02 Å². The fourth-order valence-electron chi connectivity index (χ4n) is 4.59. The number of carbonyl (C=O) groups excluding carboxylic acids is 1. The summed E-state index contributed by atoms with van der Waals surface area (Å²) in [6.45, 7) is 0.494. The van der Waals surface area contributed by atoms with Crippen LogP contribution >= 0.6 is 11.6 Å². The molecule has 1 aromatic carbocycles. The van der Waals surface area contributed by atoms with Crippen LogP contribution in [0.25, 0.3) is 0 Å². The number of hydrogen-bond acceptors (Lipinski definition) is 7. The summed E-state index contributed by atoms with van der Waals surface area (Å²) in [5, 5.41) is 11.0. The third-order valence-electron chi connectivity index (χ3n) is 6.16. The van der Waals surface area contributed by atoms with Gasteiger partial charge in [-0.1, -0.05) is 11.6 Å². The Morgan fingerprint density at radius 3 is 2.57 bits per heavy atom. The highest BCUT2D eigenvalue weighted by atomic mass is 35.5. The molecular formula is C23H20ClF3N4O4. The first-order valence-electron chi connectivity index (χ1n) is 10.7. The predicted octanol–water partition coefficient (Wildman–Crippen LogP) is 4.32. The number of alkyl halides is 2. The molecule has 1 amide bonds. The highest BCUT2D eigenvalue weighted by Crippen LogP contribution is 2.67. The summed E-state index contributed by atoms with van der Waals surface area (Å²) in [5.74, 6) is -2.72. The maximum absolute atomic E-state index is 13.5. The number of amides is 1. The van der Waals surface area contributed by atoms with E-state index < -0.39 is 11.7 Å². The van der Waals surface area contributed by atoms with Gasteiger partial charge >= 0.3 is 0 Å². The number of hydrogen-bond donors (Lipinski definition) is 1. The minimum Gasteiger partial charge on any atom is -0.484 e. The Kier molecular flexibility index (Phi) is 5.62. The molecule has 3 aliphatic rings. The SMILES string of the molecule is CC(F)(F)c1ccc(OCc2nnc(C34CC(NC(=O)COc5ccc(Cl)c(F)c5)(C3)C4)o2)cn1. The highest BCUT2D eigenvalue weighted by Gasteiger charge is 2.71. The summed E-state index contributed by atoms with van der Waals surface area (Å²) >= 11 is 5.63. The fraction of sp³-hybridized carbons (Fsp3) is 0.391. The monoisotopic (exact) mass is 508 g/mol. The molecular weight excluding hydrogens is 489 g/mol. The fourth-order valence-corrected chi connectivity index (χ4v) is 4.71. The van der Waals surface area contributed by atoms with E-state index in [0.29, 0.717) is 30.9 Å². The molecule has 3 aliphatic carbocycles. The summed E-state index contributed by atoms with van der Waals surface area (Å²) < 4.78 is 56.5. The number of carbonyl (C=O) groups is 1. The Balaban J connectivity index is 1.09. The molecule has 0 spiro atoms. The largest absolute Gasteiger partial charge is 0.484 e. The number of ether oxygens (including phenoxy) is 2. The van der Waals surface area contributed by atoms with Gasteiger partial charge in [0.05, 0.1) is 16.6 Å². The van der Waals surface area contributed by atoms with Crippen molar-refractivity contribution in [1.82, 2.24) is 20.5 Å². The van der Waals surface area contributed by atoms with Crippen LogP contribution < -0.4 is 14.8 Å². The smallest absolute Gasteiger partial charge is 0.286 e. The predicted molar refractivity (Wildman–Crippen MR) is 116 cm³/mol. The Morgan fingerprint density at radius 2 is 1.91 bits per heavy atom. The molecule has 3 fully saturated rings. The zero-order valence-corrected chi connectivity index (χ0v) is 19.2. The van der Waals surface area contributed by atoms with Crippen molar-refractivity contribution >= 4 is 17.5 Å². The minimum atomic E-state index is -3.03.